The van der Waals surface area contributed by atoms with Crippen LogP contribution in [0.1, 0.15) is 32.3 Å². The van der Waals surface area contributed by atoms with E-state index in [1.807, 2.05) is 38.1 Å². The zero-order valence-corrected chi connectivity index (χ0v) is 16.9. The van der Waals surface area contributed by atoms with Gasteiger partial charge < -0.3 is 19.7 Å². The summed E-state index contributed by atoms with van der Waals surface area (Å²) in [5.41, 5.74) is 1.25. The summed E-state index contributed by atoms with van der Waals surface area (Å²) in [6, 6.07) is 11.2. The van der Waals surface area contributed by atoms with E-state index >= 15 is 0 Å². The van der Waals surface area contributed by atoms with Crippen LogP contribution in [0.5, 0.6) is 11.5 Å². The van der Waals surface area contributed by atoms with Crippen LogP contribution < -0.4 is 19.7 Å². The second-order valence-corrected chi connectivity index (χ2v) is 6.79. The summed E-state index contributed by atoms with van der Waals surface area (Å²) in [5.74, 6) is 2.12. The van der Waals surface area contributed by atoms with Gasteiger partial charge >= 0.3 is 0 Å². The van der Waals surface area contributed by atoms with Crippen molar-refractivity contribution < 1.29 is 14.3 Å². The van der Waals surface area contributed by atoms with E-state index in [4.69, 9.17) is 14.7 Å². The molecule has 1 N–H and O–H groups in total. The van der Waals surface area contributed by atoms with Gasteiger partial charge in [0.2, 0.25) is 5.91 Å². The lowest BCUT2D eigenvalue weighted by molar-refractivity contribution is -0.120. The van der Waals surface area contributed by atoms with Crippen molar-refractivity contribution in [3.8, 4) is 17.6 Å². The Morgan fingerprint density at radius 3 is 2.52 bits per heavy atom. The first kappa shape index (κ1) is 20.5. The van der Waals surface area contributed by atoms with Crippen molar-refractivity contribution in [1.82, 2.24) is 4.98 Å². The first-order chi connectivity index (χ1) is 14.1. The van der Waals surface area contributed by atoms with Gasteiger partial charge in [-0.2, -0.15) is 5.26 Å². The number of pyridine rings is 1. The summed E-state index contributed by atoms with van der Waals surface area (Å²) in [7, 11) is 0. The zero-order valence-electron chi connectivity index (χ0n) is 16.9. The fourth-order valence-corrected chi connectivity index (χ4v) is 3.38. The Bertz CT molecular complexity index is 869. The lowest BCUT2D eigenvalue weighted by Crippen LogP contribution is -2.38. The van der Waals surface area contributed by atoms with E-state index in [1.54, 1.807) is 12.3 Å². The Hall–Kier alpha value is -3.27. The average molecular weight is 394 g/mol. The highest BCUT2D eigenvalue weighted by molar-refractivity contribution is 5.93. The molecule has 1 aliphatic rings. The molecule has 2 aromatic rings. The Morgan fingerprint density at radius 2 is 1.90 bits per heavy atom. The van der Waals surface area contributed by atoms with Gasteiger partial charge in [-0.3, -0.25) is 4.79 Å². The summed E-state index contributed by atoms with van der Waals surface area (Å²) in [6.07, 6.45) is 3.09. The SMILES string of the molecule is CCOc1ccc(NC(=O)C2CCN(c3ccc(C#N)cn3)CC2)cc1OCC. The van der Waals surface area contributed by atoms with E-state index in [0.29, 0.717) is 36.0 Å². The van der Waals surface area contributed by atoms with E-state index < -0.39 is 0 Å². The van der Waals surface area contributed by atoms with Crippen molar-refractivity contribution in [2.24, 2.45) is 5.92 Å². The highest BCUT2D eigenvalue weighted by Crippen LogP contribution is 2.31. The quantitative estimate of drug-likeness (QED) is 0.772. The van der Waals surface area contributed by atoms with Crippen LogP contribution in [-0.4, -0.2) is 37.2 Å². The predicted octanol–water partition coefficient (Wildman–Crippen LogP) is 3.61. The van der Waals surface area contributed by atoms with Crippen LogP contribution in [0.3, 0.4) is 0 Å². The molecule has 0 spiro atoms. The number of benzene rings is 1. The third-order valence-electron chi connectivity index (χ3n) is 4.88. The van der Waals surface area contributed by atoms with Crippen LogP contribution in [0.15, 0.2) is 36.5 Å². The van der Waals surface area contributed by atoms with Crippen molar-refractivity contribution >= 4 is 17.4 Å². The third-order valence-corrected chi connectivity index (χ3v) is 4.88. The van der Waals surface area contributed by atoms with Gasteiger partial charge in [-0.15, -0.1) is 0 Å². The number of carbonyl (C=O) groups excluding carboxylic acids is 1. The number of ether oxygens (including phenoxy) is 2. The highest BCUT2D eigenvalue weighted by Gasteiger charge is 2.26. The number of aromatic nitrogens is 1. The number of carbonyl (C=O) groups is 1. The molecular weight excluding hydrogens is 368 g/mol. The van der Waals surface area contributed by atoms with Gasteiger partial charge in [0.05, 0.1) is 18.8 Å². The Labute approximate surface area is 171 Å². The number of anilines is 2. The second-order valence-electron chi connectivity index (χ2n) is 6.79. The minimum absolute atomic E-state index is 0.0176. The first-order valence-corrected chi connectivity index (χ1v) is 9.96. The van der Waals surface area contributed by atoms with Crippen LogP contribution in [-0.2, 0) is 4.79 Å². The molecule has 0 radical (unpaired) electrons. The molecule has 1 fully saturated rings. The number of hydrogen-bond donors (Lipinski definition) is 1. The lowest BCUT2D eigenvalue weighted by Gasteiger charge is -2.32. The minimum Gasteiger partial charge on any atom is -0.490 e. The predicted molar refractivity (Wildman–Crippen MR) is 111 cm³/mol. The molecule has 1 aromatic carbocycles. The van der Waals surface area contributed by atoms with Gasteiger partial charge in [-0.1, -0.05) is 0 Å². The summed E-state index contributed by atoms with van der Waals surface area (Å²) >= 11 is 0. The van der Waals surface area contributed by atoms with E-state index in [9.17, 15) is 4.79 Å². The smallest absolute Gasteiger partial charge is 0.227 e. The maximum absolute atomic E-state index is 12.7. The molecule has 0 atom stereocenters. The monoisotopic (exact) mass is 394 g/mol. The summed E-state index contributed by atoms with van der Waals surface area (Å²) in [6.45, 7) is 6.43. The molecule has 0 aliphatic carbocycles. The van der Waals surface area contributed by atoms with Crippen LogP contribution in [0.25, 0.3) is 0 Å². The van der Waals surface area contributed by atoms with Crippen LogP contribution in [0.2, 0.25) is 0 Å². The number of amides is 1. The first-order valence-electron chi connectivity index (χ1n) is 9.96. The third kappa shape index (κ3) is 5.17. The molecule has 0 unspecified atom stereocenters. The van der Waals surface area contributed by atoms with Crippen molar-refractivity contribution in [3.05, 3.63) is 42.1 Å². The molecule has 29 heavy (non-hydrogen) atoms. The number of nitrogens with zero attached hydrogens (tertiary/aromatic N) is 3. The normalized spacial score (nSPS) is 14.2. The van der Waals surface area contributed by atoms with E-state index in [1.165, 1.54) is 0 Å². The lowest BCUT2D eigenvalue weighted by atomic mass is 9.95. The van der Waals surface area contributed by atoms with Crippen LogP contribution in [0, 0.1) is 17.2 Å². The van der Waals surface area contributed by atoms with Gasteiger partial charge in [0.1, 0.15) is 11.9 Å². The number of nitriles is 1. The van der Waals surface area contributed by atoms with Crippen LogP contribution in [0.4, 0.5) is 11.5 Å². The molecule has 2 heterocycles. The van der Waals surface area contributed by atoms with Crippen molar-refractivity contribution in [3.63, 3.8) is 0 Å². The van der Waals surface area contributed by atoms with E-state index in [0.717, 1.165) is 31.7 Å². The summed E-state index contributed by atoms with van der Waals surface area (Å²) in [5, 5.41) is 11.9. The van der Waals surface area contributed by atoms with Gasteiger partial charge in [0, 0.05) is 37.0 Å². The molecular formula is C22H26N4O3. The van der Waals surface area contributed by atoms with Gasteiger partial charge in [-0.05, 0) is 51.0 Å². The molecule has 3 rings (SSSR count). The fourth-order valence-electron chi connectivity index (χ4n) is 3.38. The van der Waals surface area contributed by atoms with Crippen molar-refractivity contribution in [1.29, 1.82) is 5.26 Å². The number of nitrogens with one attached hydrogen (secondary N) is 1. The molecule has 7 nitrogen and oxygen atoms in total. The van der Waals surface area contributed by atoms with Gasteiger partial charge in [0.25, 0.3) is 0 Å². The highest BCUT2D eigenvalue weighted by atomic mass is 16.5. The molecule has 7 heteroatoms. The maximum Gasteiger partial charge on any atom is 0.227 e. The Balaban J connectivity index is 1.58. The van der Waals surface area contributed by atoms with Crippen molar-refractivity contribution in [2.75, 3.05) is 36.5 Å². The number of rotatable bonds is 7. The Kier molecular flexibility index (Phi) is 6.90. The number of piperidine rings is 1. The summed E-state index contributed by atoms with van der Waals surface area (Å²) in [4.78, 5) is 19.2. The maximum atomic E-state index is 12.7. The molecule has 0 bridgehead atoms. The Morgan fingerprint density at radius 1 is 1.17 bits per heavy atom. The van der Waals surface area contributed by atoms with Crippen molar-refractivity contribution in [2.45, 2.75) is 26.7 Å². The summed E-state index contributed by atoms with van der Waals surface area (Å²) < 4.78 is 11.2. The van der Waals surface area contributed by atoms with Gasteiger partial charge in [-0.25, -0.2) is 4.98 Å². The molecule has 1 saturated heterocycles. The minimum atomic E-state index is -0.0493. The molecule has 0 saturated carbocycles. The topological polar surface area (TPSA) is 87.5 Å². The zero-order chi connectivity index (χ0) is 20.6. The van der Waals surface area contributed by atoms with E-state index in [-0.39, 0.29) is 11.8 Å². The molecule has 1 aliphatic heterocycles. The fraction of sp³-hybridized carbons (Fsp3) is 0.409. The van der Waals surface area contributed by atoms with E-state index in [2.05, 4.69) is 21.3 Å². The molecule has 1 aromatic heterocycles. The second kappa shape index (κ2) is 9.78. The van der Waals surface area contributed by atoms with Gasteiger partial charge in [0.15, 0.2) is 11.5 Å². The largest absolute Gasteiger partial charge is 0.490 e. The van der Waals surface area contributed by atoms with Crippen LogP contribution >= 0.6 is 0 Å². The average Bonchev–Trinajstić information content (AvgIpc) is 2.76. The molecule has 152 valence electrons. The standard InChI is InChI=1S/C22H26N4O3/c1-3-28-19-7-6-18(13-20(19)29-4-2)25-22(27)17-9-11-26(12-10-17)21-8-5-16(14-23)15-24-21/h5-8,13,15,17H,3-4,9-12H2,1-2H3,(H,25,27). The molecule has 1 amide bonds. The number of hydrogen-bond acceptors (Lipinski definition) is 6.